The molecule has 1 aromatic carbocycles. The number of halogens is 4. The van der Waals surface area contributed by atoms with Crippen molar-refractivity contribution in [3.63, 3.8) is 0 Å². The molecule has 0 saturated carbocycles. The summed E-state index contributed by atoms with van der Waals surface area (Å²) in [6.45, 7) is 1.58. The first-order chi connectivity index (χ1) is 8.94. The molecule has 0 unspecified atom stereocenters. The molecule has 5 nitrogen and oxygen atoms in total. The van der Waals surface area contributed by atoms with Crippen LogP contribution in [0.15, 0.2) is 12.1 Å². The molecule has 0 heterocycles. The number of nitrogens with two attached hydrogens (primary N) is 1. The minimum absolute atomic E-state index is 0.0691. The van der Waals surface area contributed by atoms with Crippen molar-refractivity contribution in [2.45, 2.75) is 12.4 Å². The van der Waals surface area contributed by atoms with Crippen molar-refractivity contribution in [2.24, 2.45) is 5.73 Å². The normalized spacial score (nSPS) is 12.1. The standard InChI is InChI=1S/C9H8F3IN2O3S2/c1-4-2-7(18-20(16,17)9(10,11)12)6(3-5(4)13)15-8(14)19/h2-3H,1H3,(H3,14,15,19). The van der Waals surface area contributed by atoms with Crippen molar-refractivity contribution in [3.8, 4) is 5.75 Å². The highest BCUT2D eigenvalue weighted by atomic mass is 127. The zero-order valence-corrected chi connectivity index (χ0v) is 13.6. The van der Waals surface area contributed by atoms with Gasteiger partial charge in [0.15, 0.2) is 10.9 Å². The molecule has 0 radical (unpaired) electrons. The Kier molecular flexibility index (Phi) is 5.08. The molecule has 1 aromatic rings. The van der Waals surface area contributed by atoms with Gasteiger partial charge in [-0.15, -0.1) is 0 Å². The maximum Gasteiger partial charge on any atom is 0.534 e. The number of rotatable bonds is 3. The summed E-state index contributed by atoms with van der Waals surface area (Å²) in [6.07, 6.45) is 0. The molecule has 0 amide bonds. The first-order valence-electron chi connectivity index (χ1n) is 4.81. The van der Waals surface area contributed by atoms with Crippen LogP contribution in [0.2, 0.25) is 0 Å². The summed E-state index contributed by atoms with van der Waals surface area (Å²) in [7, 11) is -5.77. The number of hydrogen-bond acceptors (Lipinski definition) is 4. The van der Waals surface area contributed by atoms with Gasteiger partial charge in [0.2, 0.25) is 0 Å². The van der Waals surface area contributed by atoms with Crippen LogP contribution in [-0.2, 0) is 10.1 Å². The van der Waals surface area contributed by atoms with Crippen LogP contribution < -0.4 is 15.2 Å². The Morgan fingerprint density at radius 1 is 1.45 bits per heavy atom. The van der Waals surface area contributed by atoms with Gasteiger partial charge in [0, 0.05) is 3.57 Å². The average Bonchev–Trinajstić information content (AvgIpc) is 2.22. The maximum atomic E-state index is 12.3. The van der Waals surface area contributed by atoms with Gasteiger partial charge in [0.25, 0.3) is 0 Å². The Morgan fingerprint density at radius 3 is 2.45 bits per heavy atom. The fourth-order valence-electron chi connectivity index (χ4n) is 1.12. The molecule has 0 aromatic heterocycles. The monoisotopic (exact) mass is 440 g/mol. The predicted molar refractivity (Wildman–Crippen MR) is 79.9 cm³/mol. The summed E-state index contributed by atoms with van der Waals surface area (Å²) in [4.78, 5) is 0. The van der Waals surface area contributed by atoms with Crippen LogP contribution in [0.25, 0.3) is 0 Å². The van der Waals surface area contributed by atoms with Crippen LogP contribution in [0.5, 0.6) is 5.75 Å². The smallest absolute Gasteiger partial charge is 0.376 e. The largest absolute Gasteiger partial charge is 0.534 e. The number of hydrogen-bond donors (Lipinski definition) is 2. The van der Waals surface area contributed by atoms with Crippen LogP contribution in [-0.4, -0.2) is 19.0 Å². The second kappa shape index (κ2) is 5.89. The third-order valence-electron chi connectivity index (χ3n) is 2.00. The molecule has 3 N–H and O–H groups in total. The number of nitrogens with one attached hydrogen (secondary N) is 1. The Bertz CT molecular complexity index is 647. The van der Waals surface area contributed by atoms with Gasteiger partial charge >= 0.3 is 15.6 Å². The number of thiocarbonyl (C=S) groups is 1. The highest BCUT2D eigenvalue weighted by Gasteiger charge is 2.48. The fraction of sp³-hybridized carbons (Fsp3) is 0.222. The first kappa shape index (κ1) is 17.2. The molecule has 0 bridgehead atoms. The number of alkyl halides is 3. The Morgan fingerprint density at radius 2 is 2.00 bits per heavy atom. The maximum absolute atomic E-state index is 12.3. The van der Waals surface area contributed by atoms with E-state index in [1.807, 2.05) is 22.6 Å². The summed E-state index contributed by atoms with van der Waals surface area (Å²) in [5.41, 5.74) is 0.163. The number of benzene rings is 1. The number of anilines is 1. The molecular formula is C9H8F3IN2O3S2. The van der Waals surface area contributed by atoms with E-state index >= 15 is 0 Å². The van der Waals surface area contributed by atoms with E-state index in [1.54, 1.807) is 6.92 Å². The van der Waals surface area contributed by atoms with Crippen molar-refractivity contribution >= 4 is 55.7 Å². The van der Waals surface area contributed by atoms with Crippen LogP contribution in [0, 0.1) is 10.5 Å². The van der Waals surface area contributed by atoms with Gasteiger partial charge in [-0.25, -0.2) is 0 Å². The van der Waals surface area contributed by atoms with E-state index in [0.717, 1.165) is 6.07 Å². The summed E-state index contributed by atoms with van der Waals surface area (Å²) >= 11 is 6.48. The molecule has 112 valence electrons. The lowest BCUT2D eigenvalue weighted by Crippen LogP contribution is -2.29. The highest BCUT2D eigenvalue weighted by molar-refractivity contribution is 14.1. The summed E-state index contributed by atoms with van der Waals surface area (Å²) in [6, 6.07) is 2.52. The lowest BCUT2D eigenvalue weighted by atomic mass is 10.2. The second-order valence-electron chi connectivity index (χ2n) is 3.57. The van der Waals surface area contributed by atoms with Crippen LogP contribution in [0.4, 0.5) is 18.9 Å². The Balaban J connectivity index is 3.30. The molecule has 1 rings (SSSR count). The molecule has 0 saturated heterocycles. The van der Waals surface area contributed by atoms with Crippen LogP contribution >= 0.6 is 34.8 Å². The zero-order valence-electron chi connectivity index (χ0n) is 9.79. The summed E-state index contributed by atoms with van der Waals surface area (Å²) < 4.78 is 63.7. The van der Waals surface area contributed by atoms with Crippen LogP contribution in [0.1, 0.15) is 5.56 Å². The number of aryl methyl sites for hydroxylation is 1. The quantitative estimate of drug-likeness (QED) is 0.326. The fourth-order valence-corrected chi connectivity index (χ4v) is 2.17. The predicted octanol–water partition coefficient (Wildman–Crippen LogP) is 2.48. The van der Waals surface area contributed by atoms with E-state index in [0.29, 0.717) is 9.13 Å². The van der Waals surface area contributed by atoms with Crippen molar-refractivity contribution in [1.82, 2.24) is 0 Å². The molecular weight excluding hydrogens is 432 g/mol. The van der Waals surface area contributed by atoms with Gasteiger partial charge in [-0.05, 0) is 59.4 Å². The van der Waals surface area contributed by atoms with Crippen LogP contribution in [0.3, 0.4) is 0 Å². The van der Waals surface area contributed by atoms with E-state index in [9.17, 15) is 21.6 Å². The molecule has 0 atom stereocenters. The van der Waals surface area contributed by atoms with E-state index in [4.69, 9.17) is 5.73 Å². The Labute approximate surface area is 131 Å². The molecule has 11 heteroatoms. The van der Waals surface area contributed by atoms with Gasteiger partial charge in [-0.1, -0.05) is 0 Å². The van der Waals surface area contributed by atoms with Gasteiger partial charge in [0.05, 0.1) is 5.69 Å². The van der Waals surface area contributed by atoms with Crippen molar-refractivity contribution in [1.29, 1.82) is 0 Å². The molecule has 0 aliphatic carbocycles. The second-order valence-corrected chi connectivity index (χ2v) is 6.71. The lowest BCUT2D eigenvalue weighted by molar-refractivity contribution is -0.0499. The average molecular weight is 440 g/mol. The zero-order chi connectivity index (χ0) is 15.7. The first-order valence-corrected chi connectivity index (χ1v) is 7.71. The summed E-state index contributed by atoms with van der Waals surface area (Å²) in [5.74, 6) is -0.534. The SMILES string of the molecule is Cc1cc(OS(=O)(=O)C(F)(F)F)c(NC(N)=S)cc1I. The molecule has 0 fully saturated rings. The topological polar surface area (TPSA) is 81.4 Å². The minimum atomic E-state index is -5.77. The lowest BCUT2D eigenvalue weighted by Gasteiger charge is -2.15. The molecule has 0 spiro atoms. The summed E-state index contributed by atoms with van der Waals surface area (Å²) in [5, 5.41) is 2.13. The van der Waals surface area contributed by atoms with E-state index in [1.165, 1.54) is 6.07 Å². The molecule has 0 aliphatic rings. The van der Waals surface area contributed by atoms with Gasteiger partial charge in [0.1, 0.15) is 0 Å². The van der Waals surface area contributed by atoms with Gasteiger partial charge in [-0.3, -0.25) is 0 Å². The van der Waals surface area contributed by atoms with Gasteiger partial charge in [-0.2, -0.15) is 21.6 Å². The van der Waals surface area contributed by atoms with Crippen molar-refractivity contribution < 1.29 is 25.8 Å². The van der Waals surface area contributed by atoms with Gasteiger partial charge < -0.3 is 15.2 Å². The van der Waals surface area contributed by atoms with E-state index in [2.05, 4.69) is 21.7 Å². The third-order valence-corrected chi connectivity index (χ3v) is 4.23. The Hall–Kier alpha value is -0.820. The highest BCUT2D eigenvalue weighted by Crippen LogP contribution is 2.34. The molecule has 20 heavy (non-hydrogen) atoms. The van der Waals surface area contributed by atoms with E-state index in [-0.39, 0.29) is 10.8 Å². The minimum Gasteiger partial charge on any atom is -0.376 e. The molecule has 0 aliphatic heterocycles. The van der Waals surface area contributed by atoms with Crippen molar-refractivity contribution in [2.75, 3.05) is 5.32 Å². The third kappa shape index (κ3) is 4.09. The van der Waals surface area contributed by atoms with E-state index < -0.39 is 21.4 Å². The van der Waals surface area contributed by atoms with Crippen molar-refractivity contribution in [3.05, 3.63) is 21.3 Å².